The highest BCUT2D eigenvalue weighted by Crippen LogP contribution is 2.17. The lowest BCUT2D eigenvalue weighted by Gasteiger charge is -2.36. The van der Waals surface area contributed by atoms with E-state index in [1.54, 1.807) is 0 Å². The summed E-state index contributed by atoms with van der Waals surface area (Å²) >= 11 is 0.907. The first kappa shape index (κ1) is 33.6. The molecule has 0 radical (unpaired) electrons. The molecular formula is C22H22N10O13S2. The predicted molar refractivity (Wildman–Crippen MR) is 155 cm³/mol. The third kappa shape index (κ3) is 6.88. The van der Waals surface area contributed by atoms with Crippen molar-refractivity contribution in [2.75, 3.05) is 17.7 Å². The Morgan fingerprint density at radius 3 is 2.47 bits per heavy atom. The van der Waals surface area contributed by atoms with Gasteiger partial charge in [0.15, 0.2) is 16.6 Å². The maximum atomic E-state index is 12.9. The molecule has 47 heavy (non-hydrogen) atoms. The summed E-state index contributed by atoms with van der Waals surface area (Å²) in [6, 6.07) is -2.35. The van der Waals surface area contributed by atoms with Crippen LogP contribution in [0.4, 0.5) is 9.93 Å². The van der Waals surface area contributed by atoms with Crippen molar-refractivity contribution in [2.45, 2.75) is 25.5 Å². The predicted octanol–water partition coefficient (Wildman–Crippen LogP) is -3.41. The number of H-pyrrole nitrogens is 1. The van der Waals surface area contributed by atoms with E-state index in [1.165, 1.54) is 10.1 Å². The van der Waals surface area contributed by atoms with Crippen molar-refractivity contribution < 1.29 is 52.5 Å². The number of amides is 5. The Hall–Kier alpha value is -6.24. The number of nitrogens with two attached hydrogens (primary N) is 1. The number of pyridine rings is 1. The van der Waals surface area contributed by atoms with Gasteiger partial charge in [0.1, 0.15) is 17.4 Å². The number of aromatic amines is 1. The Labute approximate surface area is 264 Å². The van der Waals surface area contributed by atoms with Crippen molar-refractivity contribution in [3.63, 3.8) is 0 Å². The molecule has 0 spiro atoms. The molecule has 3 aromatic rings. The number of aromatic hydroxyl groups is 2. The van der Waals surface area contributed by atoms with E-state index in [2.05, 4.69) is 20.4 Å². The van der Waals surface area contributed by atoms with E-state index in [9.17, 15) is 57.3 Å². The number of hydrogen-bond donors (Lipinski definition) is 8. The van der Waals surface area contributed by atoms with Crippen LogP contribution in [0, 0.1) is 0 Å². The molecule has 0 aromatic carbocycles. The molecule has 250 valence electrons. The van der Waals surface area contributed by atoms with Crippen LogP contribution < -0.4 is 32.3 Å². The van der Waals surface area contributed by atoms with Gasteiger partial charge in [-0.1, -0.05) is 5.16 Å². The third-order valence-electron chi connectivity index (χ3n) is 5.99. The van der Waals surface area contributed by atoms with E-state index in [-0.39, 0.29) is 19.5 Å². The number of aromatic nitrogens is 4. The van der Waals surface area contributed by atoms with E-state index in [1.807, 2.05) is 5.43 Å². The highest BCUT2D eigenvalue weighted by Gasteiger charge is 2.44. The average Bonchev–Trinajstić information content (AvgIpc) is 3.52. The first-order valence-electron chi connectivity index (χ1n) is 12.5. The zero-order valence-corrected chi connectivity index (χ0v) is 25.3. The molecular weight excluding hydrogens is 676 g/mol. The molecule has 1 saturated heterocycles. The van der Waals surface area contributed by atoms with Crippen molar-refractivity contribution in [3.05, 3.63) is 55.9 Å². The molecule has 1 aliphatic rings. The van der Waals surface area contributed by atoms with Crippen LogP contribution in [-0.2, 0) is 29.4 Å². The van der Waals surface area contributed by atoms with Gasteiger partial charge in [-0.05, 0) is 13.8 Å². The summed E-state index contributed by atoms with van der Waals surface area (Å²) in [5, 5.41) is 35.6. The fourth-order valence-electron chi connectivity index (χ4n) is 3.44. The van der Waals surface area contributed by atoms with Gasteiger partial charge in [0.05, 0.1) is 12.7 Å². The number of carboxylic acid groups (broad SMARTS) is 1. The first-order chi connectivity index (χ1) is 21.8. The van der Waals surface area contributed by atoms with Crippen molar-refractivity contribution in [1.29, 1.82) is 0 Å². The summed E-state index contributed by atoms with van der Waals surface area (Å²) in [4.78, 5) is 97.4. The van der Waals surface area contributed by atoms with Crippen LogP contribution >= 0.6 is 11.3 Å². The zero-order chi connectivity index (χ0) is 35.0. The number of carboxylic acids is 1. The maximum absolute atomic E-state index is 12.9. The lowest BCUT2D eigenvalue weighted by atomic mass is 10.1. The second kappa shape index (κ2) is 12.3. The number of carbonyl (C=O) groups is 5. The Bertz CT molecular complexity index is 2080. The molecule has 25 heteroatoms. The second-order valence-electron chi connectivity index (χ2n) is 9.75. The molecule has 0 saturated carbocycles. The topological polar surface area (TPSA) is 340 Å². The number of β-lactam (4-membered cyclic amide) rings is 1. The fourth-order valence-corrected chi connectivity index (χ4v) is 5.00. The van der Waals surface area contributed by atoms with Gasteiger partial charge < -0.3 is 36.2 Å². The van der Waals surface area contributed by atoms with Crippen LogP contribution in [0.25, 0.3) is 0 Å². The van der Waals surface area contributed by atoms with Crippen molar-refractivity contribution >= 4 is 62.1 Å². The normalized spacial score (nSPS) is 15.0. The van der Waals surface area contributed by atoms with Crippen LogP contribution in [0.15, 0.2) is 38.6 Å². The van der Waals surface area contributed by atoms with Crippen molar-refractivity contribution in [3.8, 4) is 11.6 Å². The maximum Gasteiger partial charge on any atom is 0.365 e. The molecule has 1 atom stereocenters. The Balaban J connectivity index is 1.43. The number of nitrogen functional groups attached to an aromatic ring is 1. The summed E-state index contributed by atoms with van der Waals surface area (Å²) in [5.74, 6) is -6.83. The minimum absolute atomic E-state index is 0.0123. The molecule has 4 rings (SSSR count). The highest BCUT2D eigenvalue weighted by molar-refractivity contribution is 7.88. The van der Waals surface area contributed by atoms with Gasteiger partial charge in [0.25, 0.3) is 17.7 Å². The molecule has 23 nitrogen and oxygen atoms in total. The van der Waals surface area contributed by atoms with Gasteiger partial charge >= 0.3 is 27.9 Å². The van der Waals surface area contributed by atoms with E-state index < -0.39 is 92.3 Å². The van der Waals surface area contributed by atoms with Gasteiger partial charge in [-0.25, -0.2) is 28.8 Å². The van der Waals surface area contributed by atoms with Gasteiger partial charge in [0.2, 0.25) is 16.9 Å². The Kier molecular flexibility index (Phi) is 8.79. The molecule has 9 N–H and O–H groups in total. The average molecular weight is 699 g/mol. The summed E-state index contributed by atoms with van der Waals surface area (Å²) in [6.07, 6.45) is 1.22. The first-order valence-corrected chi connectivity index (χ1v) is 14.8. The molecule has 1 aliphatic heterocycles. The van der Waals surface area contributed by atoms with Crippen LogP contribution in [0.1, 0.15) is 30.0 Å². The number of thiazole rings is 1. The van der Waals surface area contributed by atoms with E-state index in [0.717, 1.165) is 31.4 Å². The summed E-state index contributed by atoms with van der Waals surface area (Å²) in [7, 11) is -5.27. The van der Waals surface area contributed by atoms with E-state index in [0.29, 0.717) is 17.2 Å². The van der Waals surface area contributed by atoms with Gasteiger partial charge in [-0.2, -0.15) is 8.42 Å². The van der Waals surface area contributed by atoms with Crippen LogP contribution in [0.2, 0.25) is 0 Å². The van der Waals surface area contributed by atoms with E-state index in [4.69, 9.17) is 10.6 Å². The number of carbonyl (C=O) groups excluding carboxylic acids is 4. The SMILES string of the molecule is CC(C)(ON=C(C(=O)NC1CN(C(=O)NS(=O)(=O)n2c(O)cn(NC(=O)c3cc(=O)c(O)c[nH]3)c2=O)C1=O)c1csc(N)n1)C(=O)O. The smallest absolute Gasteiger partial charge is 0.365 e. The third-order valence-corrected chi connectivity index (χ3v) is 7.92. The molecule has 1 unspecified atom stereocenters. The highest BCUT2D eigenvalue weighted by atomic mass is 32.2. The number of likely N-dealkylation sites (tertiary alicyclic amines) is 1. The summed E-state index contributed by atoms with van der Waals surface area (Å²) < 4.78 is 26.8. The number of oxime groups is 1. The van der Waals surface area contributed by atoms with Crippen LogP contribution in [0.5, 0.6) is 11.6 Å². The number of aliphatic carboxylic acids is 1. The fraction of sp³-hybridized carbons (Fsp3) is 0.227. The number of anilines is 1. The number of imide groups is 1. The number of rotatable bonds is 10. The van der Waals surface area contributed by atoms with Crippen molar-refractivity contribution in [1.82, 2.24) is 33.6 Å². The zero-order valence-electron chi connectivity index (χ0n) is 23.6. The van der Waals surface area contributed by atoms with E-state index >= 15 is 0 Å². The number of urea groups is 1. The monoisotopic (exact) mass is 698 g/mol. The second-order valence-corrected chi connectivity index (χ2v) is 12.2. The van der Waals surface area contributed by atoms with Gasteiger partial charge in [-0.15, -0.1) is 15.3 Å². The quantitative estimate of drug-likeness (QED) is 0.0581. The minimum atomic E-state index is -5.27. The van der Waals surface area contributed by atoms with Crippen LogP contribution in [0.3, 0.4) is 0 Å². The number of nitrogens with one attached hydrogen (secondary N) is 4. The molecule has 3 aromatic heterocycles. The van der Waals surface area contributed by atoms with Crippen LogP contribution in [-0.4, -0.2) is 101 Å². The van der Waals surface area contributed by atoms with Crippen molar-refractivity contribution in [2.24, 2.45) is 5.16 Å². The summed E-state index contributed by atoms with van der Waals surface area (Å²) in [6.45, 7) is 1.69. The molecule has 0 aliphatic carbocycles. The number of nitrogens with zero attached hydrogens (tertiary/aromatic N) is 5. The lowest BCUT2D eigenvalue weighted by molar-refractivity contribution is -0.161. The van der Waals surface area contributed by atoms with Gasteiger partial charge in [0, 0.05) is 17.6 Å². The van der Waals surface area contributed by atoms with Gasteiger partial charge in [-0.3, -0.25) is 29.5 Å². The minimum Gasteiger partial charge on any atom is -0.503 e. The molecule has 0 bridgehead atoms. The molecule has 5 amide bonds. The Morgan fingerprint density at radius 1 is 1.21 bits per heavy atom. The molecule has 1 fully saturated rings. The standard InChI is InChI=1S/C22H22N10O13S2/c1-22(2,18(39)40)45-28-14(10-7-46-19(23)26-10)16(37)25-9-5-30(17(9)38)20(41)29-47(43,44)32-13(35)6-31(21(32)42)27-15(36)8-3-11(33)12(34)4-24-8/h3-4,6-7,9,34-35H,5H2,1-2H3,(H2,23,26)(H,24,33)(H,25,37)(H,27,36)(H,29,41)(H,39,40). The number of hydrogen-bond acceptors (Lipinski definition) is 16. The largest absolute Gasteiger partial charge is 0.503 e. The molecule has 4 heterocycles. The summed E-state index contributed by atoms with van der Waals surface area (Å²) in [5.41, 5.74) is 1.82. The number of imidazole rings is 1. The Morgan fingerprint density at radius 2 is 1.89 bits per heavy atom. The lowest BCUT2D eigenvalue weighted by Crippen LogP contribution is -2.68.